The van der Waals surface area contributed by atoms with E-state index in [1.165, 1.54) is 22.8 Å². The van der Waals surface area contributed by atoms with Crippen LogP contribution < -0.4 is 5.43 Å². The number of rotatable bonds is 4. The van der Waals surface area contributed by atoms with Crippen LogP contribution in [0.2, 0.25) is 0 Å². The number of aromatic nitrogens is 1. The summed E-state index contributed by atoms with van der Waals surface area (Å²) in [4.78, 5) is 16.1. The summed E-state index contributed by atoms with van der Waals surface area (Å²) in [7, 11) is -3.75. The van der Waals surface area contributed by atoms with Crippen LogP contribution in [0.5, 0.6) is 0 Å². The van der Waals surface area contributed by atoms with Crippen LogP contribution in [0.1, 0.15) is 6.42 Å². The van der Waals surface area contributed by atoms with Crippen molar-refractivity contribution < 1.29 is 13.5 Å². The Kier molecular flexibility index (Phi) is 4.92. The number of sulfonamides is 1. The maximum atomic E-state index is 12.5. The van der Waals surface area contributed by atoms with Crippen LogP contribution in [0.3, 0.4) is 0 Å². The number of nitrogens with one attached hydrogen (secondary N) is 1. The van der Waals surface area contributed by atoms with Gasteiger partial charge in [-0.3, -0.25) is 9.69 Å². The highest BCUT2D eigenvalue weighted by atomic mass is 32.2. The molecule has 0 aliphatic carbocycles. The predicted molar refractivity (Wildman–Crippen MR) is 74.0 cm³/mol. The minimum atomic E-state index is -3.75. The van der Waals surface area contributed by atoms with Crippen molar-refractivity contribution in [3.63, 3.8) is 0 Å². The standard InChI is InChI=1S/C12H19N3O4S/c16-9-8-14-4-1-5-15(7-6-14)20(18,19)12-10-13-3-2-11(12)17/h2-3,10,16H,1,4-9H2,(H,13,17). The molecule has 2 heterocycles. The molecule has 1 saturated heterocycles. The summed E-state index contributed by atoms with van der Waals surface area (Å²) in [6.45, 7) is 2.63. The molecule has 0 spiro atoms. The van der Waals surface area contributed by atoms with Gasteiger partial charge >= 0.3 is 0 Å². The third kappa shape index (κ3) is 3.26. The van der Waals surface area contributed by atoms with E-state index in [0.717, 1.165) is 6.54 Å². The number of β-amino-alcohol motifs (C(OH)–C–C–N with tert-alkyl or cyclic N) is 1. The average molecular weight is 301 g/mol. The summed E-state index contributed by atoms with van der Waals surface area (Å²) >= 11 is 0. The van der Waals surface area contributed by atoms with Crippen LogP contribution in [0, 0.1) is 0 Å². The minimum Gasteiger partial charge on any atom is -0.395 e. The molecule has 8 heteroatoms. The number of aliphatic hydroxyl groups excluding tert-OH is 1. The van der Waals surface area contributed by atoms with Crippen LogP contribution in [0.15, 0.2) is 28.2 Å². The Morgan fingerprint density at radius 3 is 2.75 bits per heavy atom. The molecule has 7 nitrogen and oxygen atoms in total. The molecule has 0 aromatic carbocycles. The highest BCUT2D eigenvalue weighted by molar-refractivity contribution is 7.89. The lowest BCUT2D eigenvalue weighted by Gasteiger charge is -2.20. The van der Waals surface area contributed by atoms with Crippen LogP contribution in [-0.4, -0.2) is 67.0 Å². The number of H-pyrrole nitrogens is 1. The summed E-state index contributed by atoms with van der Waals surface area (Å²) in [6.07, 6.45) is 3.32. The Labute approximate surface area is 117 Å². The molecule has 0 amide bonds. The van der Waals surface area contributed by atoms with Gasteiger partial charge in [-0.1, -0.05) is 0 Å². The quantitative estimate of drug-likeness (QED) is 0.749. The van der Waals surface area contributed by atoms with Gasteiger partial charge in [-0.15, -0.1) is 0 Å². The average Bonchev–Trinajstić information content (AvgIpc) is 2.65. The Balaban J connectivity index is 2.19. The molecule has 1 aromatic rings. The van der Waals surface area contributed by atoms with E-state index < -0.39 is 15.5 Å². The van der Waals surface area contributed by atoms with Gasteiger partial charge in [0.25, 0.3) is 0 Å². The Hall–Kier alpha value is -1.22. The molecule has 0 atom stereocenters. The number of aromatic amines is 1. The highest BCUT2D eigenvalue weighted by Crippen LogP contribution is 2.13. The third-order valence-corrected chi connectivity index (χ3v) is 5.29. The van der Waals surface area contributed by atoms with Gasteiger partial charge in [0.15, 0.2) is 0 Å². The van der Waals surface area contributed by atoms with Gasteiger partial charge in [0.1, 0.15) is 4.90 Å². The summed E-state index contributed by atoms with van der Waals surface area (Å²) in [5.74, 6) is 0. The van der Waals surface area contributed by atoms with E-state index in [2.05, 4.69) is 4.98 Å². The molecule has 0 radical (unpaired) electrons. The minimum absolute atomic E-state index is 0.0606. The van der Waals surface area contributed by atoms with Crippen LogP contribution in [0.4, 0.5) is 0 Å². The molecule has 0 unspecified atom stereocenters. The lowest BCUT2D eigenvalue weighted by molar-refractivity contribution is 0.202. The largest absolute Gasteiger partial charge is 0.395 e. The van der Waals surface area contributed by atoms with Crippen molar-refractivity contribution in [2.45, 2.75) is 11.3 Å². The number of hydrogen-bond acceptors (Lipinski definition) is 5. The first-order valence-electron chi connectivity index (χ1n) is 6.56. The molecule has 2 N–H and O–H groups in total. The molecular formula is C12H19N3O4S. The maximum Gasteiger partial charge on any atom is 0.248 e. The van der Waals surface area contributed by atoms with Crippen molar-refractivity contribution in [3.05, 3.63) is 28.7 Å². The van der Waals surface area contributed by atoms with Gasteiger partial charge in [0, 0.05) is 44.6 Å². The van der Waals surface area contributed by atoms with E-state index >= 15 is 0 Å². The zero-order valence-corrected chi connectivity index (χ0v) is 12.0. The fourth-order valence-electron chi connectivity index (χ4n) is 2.29. The van der Waals surface area contributed by atoms with Crippen molar-refractivity contribution in [1.29, 1.82) is 0 Å². The summed E-state index contributed by atoms with van der Waals surface area (Å²) in [6, 6.07) is 1.21. The first-order valence-corrected chi connectivity index (χ1v) is 8.00. The van der Waals surface area contributed by atoms with Crippen molar-refractivity contribution >= 4 is 10.0 Å². The molecule has 20 heavy (non-hydrogen) atoms. The summed E-state index contributed by atoms with van der Waals surface area (Å²) < 4.78 is 26.3. The van der Waals surface area contributed by atoms with Crippen LogP contribution in [-0.2, 0) is 10.0 Å². The fraction of sp³-hybridized carbons (Fsp3) is 0.583. The molecule has 1 aliphatic rings. The van der Waals surface area contributed by atoms with Gasteiger partial charge in [0.2, 0.25) is 15.5 Å². The lowest BCUT2D eigenvalue weighted by Crippen LogP contribution is -2.37. The molecule has 2 rings (SSSR count). The number of pyridine rings is 1. The van der Waals surface area contributed by atoms with Crippen LogP contribution in [0.25, 0.3) is 0 Å². The van der Waals surface area contributed by atoms with Crippen molar-refractivity contribution in [2.24, 2.45) is 0 Å². The monoisotopic (exact) mass is 301 g/mol. The van der Waals surface area contributed by atoms with E-state index in [1.54, 1.807) is 0 Å². The van der Waals surface area contributed by atoms with Gasteiger partial charge < -0.3 is 10.1 Å². The van der Waals surface area contributed by atoms with Gasteiger partial charge in [-0.2, -0.15) is 4.31 Å². The second-order valence-electron chi connectivity index (χ2n) is 4.70. The Bertz CT molecular complexity index is 599. The van der Waals surface area contributed by atoms with Crippen LogP contribution >= 0.6 is 0 Å². The smallest absolute Gasteiger partial charge is 0.248 e. The van der Waals surface area contributed by atoms with Gasteiger partial charge in [0.05, 0.1) is 6.61 Å². The van der Waals surface area contributed by atoms with Gasteiger partial charge in [-0.25, -0.2) is 8.42 Å². The van der Waals surface area contributed by atoms with E-state index in [9.17, 15) is 13.2 Å². The third-order valence-electron chi connectivity index (χ3n) is 3.37. The van der Waals surface area contributed by atoms with E-state index in [-0.39, 0.29) is 11.5 Å². The molecular weight excluding hydrogens is 282 g/mol. The molecule has 1 aromatic heterocycles. The first kappa shape index (κ1) is 15.2. The lowest BCUT2D eigenvalue weighted by atomic mass is 10.4. The van der Waals surface area contributed by atoms with Crippen molar-refractivity contribution in [3.8, 4) is 0 Å². The number of nitrogens with zero attached hydrogens (tertiary/aromatic N) is 2. The molecule has 0 saturated carbocycles. The number of hydrogen-bond donors (Lipinski definition) is 2. The van der Waals surface area contributed by atoms with E-state index in [0.29, 0.717) is 32.6 Å². The Morgan fingerprint density at radius 1 is 1.25 bits per heavy atom. The van der Waals surface area contributed by atoms with Crippen molar-refractivity contribution in [1.82, 2.24) is 14.2 Å². The first-order chi connectivity index (χ1) is 9.55. The van der Waals surface area contributed by atoms with Crippen molar-refractivity contribution in [2.75, 3.05) is 39.3 Å². The highest BCUT2D eigenvalue weighted by Gasteiger charge is 2.28. The predicted octanol–water partition coefficient (Wildman–Crippen LogP) is -0.936. The zero-order chi connectivity index (χ0) is 14.6. The second kappa shape index (κ2) is 6.49. The summed E-state index contributed by atoms with van der Waals surface area (Å²) in [5.41, 5.74) is -0.500. The molecule has 1 aliphatic heterocycles. The normalized spacial score (nSPS) is 18.9. The van der Waals surface area contributed by atoms with E-state index in [4.69, 9.17) is 5.11 Å². The molecule has 0 bridgehead atoms. The second-order valence-corrected chi connectivity index (χ2v) is 6.60. The Morgan fingerprint density at radius 2 is 2.05 bits per heavy atom. The fourth-order valence-corrected chi connectivity index (χ4v) is 3.80. The maximum absolute atomic E-state index is 12.5. The van der Waals surface area contributed by atoms with Gasteiger partial charge in [-0.05, 0) is 13.0 Å². The topological polar surface area (TPSA) is 93.7 Å². The number of aliphatic hydroxyl groups is 1. The molecule has 112 valence electrons. The molecule has 1 fully saturated rings. The zero-order valence-electron chi connectivity index (χ0n) is 11.2. The summed E-state index contributed by atoms with van der Waals surface area (Å²) in [5, 5.41) is 8.93. The van der Waals surface area contributed by atoms with E-state index in [1.807, 2.05) is 4.90 Å². The SMILES string of the molecule is O=c1cc[nH]cc1S(=O)(=O)N1CCCN(CCO)CC1.